The summed E-state index contributed by atoms with van der Waals surface area (Å²) in [4.78, 5) is 19.3. The second-order valence-electron chi connectivity index (χ2n) is 9.19. The van der Waals surface area contributed by atoms with Crippen molar-refractivity contribution in [1.82, 2.24) is 15.5 Å². The van der Waals surface area contributed by atoms with Crippen LogP contribution in [0.15, 0.2) is 72.8 Å². The summed E-state index contributed by atoms with van der Waals surface area (Å²) in [6.45, 7) is 4.27. The first kappa shape index (κ1) is 25.8. The molecule has 36 heavy (non-hydrogen) atoms. The molecule has 3 aromatic rings. The Hall–Kier alpha value is -3.29. The molecule has 2 N–H and O–H groups in total. The molecule has 1 atom stereocenters. The van der Waals surface area contributed by atoms with Crippen LogP contribution in [0, 0.1) is 5.82 Å². The lowest BCUT2D eigenvalue weighted by molar-refractivity contribution is 0.180. The number of anilines is 2. The Morgan fingerprint density at radius 2 is 1.56 bits per heavy atom. The van der Waals surface area contributed by atoms with Gasteiger partial charge in [-0.25, -0.2) is 9.18 Å². The van der Waals surface area contributed by atoms with E-state index >= 15 is 0 Å². The average Bonchev–Trinajstić information content (AvgIpc) is 2.89. The molecule has 6 nitrogen and oxygen atoms in total. The molecule has 0 bridgehead atoms. The maximum Gasteiger partial charge on any atom is 0.315 e. The van der Waals surface area contributed by atoms with Gasteiger partial charge in [0.25, 0.3) is 0 Å². The molecule has 190 valence electrons. The van der Waals surface area contributed by atoms with Crippen LogP contribution in [0.5, 0.6) is 0 Å². The molecule has 1 fully saturated rings. The van der Waals surface area contributed by atoms with E-state index in [4.69, 9.17) is 11.6 Å². The van der Waals surface area contributed by atoms with E-state index in [1.807, 2.05) is 50.5 Å². The van der Waals surface area contributed by atoms with Crippen molar-refractivity contribution < 1.29 is 9.18 Å². The molecule has 3 aromatic carbocycles. The van der Waals surface area contributed by atoms with Gasteiger partial charge in [-0.05, 0) is 59.7 Å². The molecule has 2 amide bonds. The van der Waals surface area contributed by atoms with E-state index in [1.165, 1.54) is 12.1 Å². The Labute approximate surface area is 217 Å². The van der Waals surface area contributed by atoms with Gasteiger partial charge in [-0.3, -0.25) is 4.90 Å². The van der Waals surface area contributed by atoms with Crippen molar-refractivity contribution in [3.8, 4) is 0 Å². The molecule has 0 radical (unpaired) electrons. The highest BCUT2D eigenvalue weighted by Crippen LogP contribution is 2.26. The number of amides is 2. The van der Waals surface area contributed by atoms with Gasteiger partial charge in [0.15, 0.2) is 0 Å². The lowest BCUT2D eigenvalue weighted by Gasteiger charge is -2.40. The lowest BCUT2D eigenvalue weighted by atomic mass is 10.0. The third-order valence-electron chi connectivity index (χ3n) is 6.56. The standard InChI is InChI=1S/C28H33ClFN5O/c1-33(2)25-11-5-22(6-12-25)27(20-32-28(36)31-19-21-3-7-23(29)8-4-21)35-17-15-34(16-18-35)26-13-9-24(30)10-14-26/h3-14,27H,15-20H2,1-2H3,(H2,31,32,36). The summed E-state index contributed by atoms with van der Waals surface area (Å²) in [6, 6.07) is 22.4. The molecule has 4 rings (SSSR count). The highest BCUT2D eigenvalue weighted by atomic mass is 35.5. The maximum atomic E-state index is 13.3. The third kappa shape index (κ3) is 6.89. The normalized spacial score (nSPS) is 14.8. The summed E-state index contributed by atoms with van der Waals surface area (Å²) in [7, 11) is 4.04. The van der Waals surface area contributed by atoms with Crippen LogP contribution in [0.3, 0.4) is 0 Å². The van der Waals surface area contributed by atoms with Crippen LogP contribution in [-0.4, -0.2) is 57.8 Å². The van der Waals surface area contributed by atoms with Gasteiger partial charge in [-0.2, -0.15) is 0 Å². The number of halogens is 2. The topological polar surface area (TPSA) is 50.9 Å². The van der Waals surface area contributed by atoms with Crippen LogP contribution in [0.1, 0.15) is 17.2 Å². The quantitative estimate of drug-likeness (QED) is 0.453. The minimum atomic E-state index is -0.223. The van der Waals surface area contributed by atoms with Gasteiger partial charge in [0.2, 0.25) is 0 Å². The molecular weight excluding hydrogens is 477 g/mol. The van der Waals surface area contributed by atoms with E-state index in [9.17, 15) is 9.18 Å². The number of benzene rings is 3. The molecule has 0 aliphatic carbocycles. The van der Waals surface area contributed by atoms with Crippen molar-refractivity contribution in [3.63, 3.8) is 0 Å². The first-order valence-electron chi connectivity index (χ1n) is 12.2. The lowest BCUT2D eigenvalue weighted by Crippen LogP contribution is -2.50. The second kappa shape index (κ2) is 12.1. The second-order valence-corrected chi connectivity index (χ2v) is 9.63. The van der Waals surface area contributed by atoms with Gasteiger partial charge in [0.1, 0.15) is 5.82 Å². The van der Waals surface area contributed by atoms with Gasteiger partial charge >= 0.3 is 6.03 Å². The Bertz CT molecular complexity index is 1110. The number of hydrogen-bond acceptors (Lipinski definition) is 4. The molecule has 0 spiro atoms. The largest absolute Gasteiger partial charge is 0.378 e. The number of carbonyl (C=O) groups is 1. The van der Waals surface area contributed by atoms with Gasteiger partial charge in [0.05, 0.1) is 6.04 Å². The van der Waals surface area contributed by atoms with Crippen molar-refractivity contribution in [2.24, 2.45) is 0 Å². The fourth-order valence-electron chi connectivity index (χ4n) is 4.43. The van der Waals surface area contributed by atoms with Crippen molar-refractivity contribution in [2.75, 3.05) is 56.6 Å². The Morgan fingerprint density at radius 3 is 2.17 bits per heavy atom. The van der Waals surface area contributed by atoms with Crippen LogP contribution < -0.4 is 20.4 Å². The summed E-state index contributed by atoms with van der Waals surface area (Å²) in [5, 5.41) is 6.66. The fourth-order valence-corrected chi connectivity index (χ4v) is 4.56. The minimum absolute atomic E-state index is 0.0397. The van der Waals surface area contributed by atoms with Gasteiger partial charge in [0, 0.05) is 69.8 Å². The highest BCUT2D eigenvalue weighted by molar-refractivity contribution is 6.30. The van der Waals surface area contributed by atoms with Crippen molar-refractivity contribution in [2.45, 2.75) is 12.6 Å². The number of hydrogen-bond donors (Lipinski definition) is 2. The number of urea groups is 1. The van der Waals surface area contributed by atoms with Crippen LogP contribution in [0.4, 0.5) is 20.6 Å². The SMILES string of the molecule is CN(C)c1ccc(C(CNC(=O)NCc2ccc(Cl)cc2)N2CCN(c3ccc(F)cc3)CC2)cc1. The monoisotopic (exact) mass is 509 g/mol. The predicted molar refractivity (Wildman–Crippen MR) is 145 cm³/mol. The van der Waals surface area contributed by atoms with E-state index in [0.29, 0.717) is 18.1 Å². The molecule has 1 heterocycles. The van der Waals surface area contributed by atoms with E-state index in [-0.39, 0.29) is 17.9 Å². The number of carbonyl (C=O) groups excluding carboxylic acids is 1. The Balaban J connectivity index is 1.39. The smallest absolute Gasteiger partial charge is 0.315 e. The maximum absolute atomic E-state index is 13.3. The summed E-state index contributed by atoms with van der Waals surface area (Å²) in [5.74, 6) is -0.223. The Kier molecular flexibility index (Phi) is 8.67. The molecule has 8 heteroatoms. The molecular formula is C28H33ClFN5O. The van der Waals surface area contributed by atoms with Gasteiger partial charge in [-0.1, -0.05) is 35.9 Å². The summed E-state index contributed by atoms with van der Waals surface area (Å²) >= 11 is 5.94. The van der Waals surface area contributed by atoms with E-state index in [1.54, 1.807) is 0 Å². The molecule has 1 unspecified atom stereocenters. The van der Waals surface area contributed by atoms with Crippen LogP contribution in [0.25, 0.3) is 0 Å². The fraction of sp³-hybridized carbons (Fsp3) is 0.321. The minimum Gasteiger partial charge on any atom is -0.378 e. The molecule has 1 aliphatic heterocycles. The first-order valence-corrected chi connectivity index (χ1v) is 12.5. The number of piperazine rings is 1. The summed E-state index contributed by atoms with van der Waals surface area (Å²) in [5.41, 5.74) is 4.31. The van der Waals surface area contributed by atoms with Gasteiger partial charge in [-0.15, -0.1) is 0 Å². The predicted octanol–water partition coefficient (Wildman–Crippen LogP) is 4.91. The summed E-state index contributed by atoms with van der Waals surface area (Å²) in [6.07, 6.45) is 0. The number of nitrogens with zero attached hydrogens (tertiary/aromatic N) is 3. The first-order chi connectivity index (χ1) is 17.4. The molecule has 0 aromatic heterocycles. The molecule has 1 aliphatic rings. The average molecular weight is 510 g/mol. The van der Waals surface area contributed by atoms with E-state index in [2.05, 4.69) is 49.6 Å². The zero-order valence-corrected chi connectivity index (χ0v) is 21.5. The van der Waals surface area contributed by atoms with E-state index in [0.717, 1.165) is 48.7 Å². The zero-order valence-electron chi connectivity index (χ0n) is 20.8. The van der Waals surface area contributed by atoms with Crippen molar-refractivity contribution in [3.05, 3.63) is 94.8 Å². The van der Waals surface area contributed by atoms with Gasteiger partial charge < -0.3 is 20.4 Å². The van der Waals surface area contributed by atoms with Crippen LogP contribution in [0.2, 0.25) is 5.02 Å². The van der Waals surface area contributed by atoms with E-state index < -0.39 is 0 Å². The highest BCUT2D eigenvalue weighted by Gasteiger charge is 2.26. The molecule has 0 saturated carbocycles. The van der Waals surface area contributed by atoms with Crippen molar-refractivity contribution >= 4 is 29.0 Å². The number of nitrogens with one attached hydrogen (secondary N) is 2. The Morgan fingerprint density at radius 1 is 0.917 bits per heavy atom. The third-order valence-corrected chi connectivity index (χ3v) is 6.82. The summed E-state index contributed by atoms with van der Waals surface area (Å²) < 4.78 is 13.3. The van der Waals surface area contributed by atoms with Crippen LogP contribution in [-0.2, 0) is 6.54 Å². The zero-order chi connectivity index (χ0) is 25.5. The molecule has 1 saturated heterocycles. The number of rotatable bonds is 8. The van der Waals surface area contributed by atoms with Crippen LogP contribution >= 0.6 is 11.6 Å². The van der Waals surface area contributed by atoms with Crippen molar-refractivity contribution in [1.29, 1.82) is 0 Å².